The molecule has 1 unspecified atom stereocenters. The van der Waals surface area contributed by atoms with Crippen LogP contribution >= 0.6 is 0 Å². The van der Waals surface area contributed by atoms with Crippen LogP contribution in [0.2, 0.25) is 0 Å². The van der Waals surface area contributed by atoms with Crippen LogP contribution < -0.4 is 10.1 Å². The number of nitrogens with zero attached hydrogens (tertiary/aromatic N) is 3. The predicted molar refractivity (Wildman–Crippen MR) is 87.4 cm³/mol. The quantitative estimate of drug-likeness (QED) is 0.869. The highest BCUT2D eigenvalue weighted by Gasteiger charge is 2.26. The molecule has 0 bridgehead atoms. The van der Waals surface area contributed by atoms with Crippen LogP contribution in [0.25, 0.3) is 0 Å². The Kier molecular flexibility index (Phi) is 5.10. The minimum Gasteiger partial charge on any atom is -0.497 e. The minimum absolute atomic E-state index is 0.0881. The summed E-state index contributed by atoms with van der Waals surface area (Å²) in [6.45, 7) is 0. The number of rotatable bonds is 5. The van der Waals surface area contributed by atoms with E-state index < -0.39 is 6.10 Å². The van der Waals surface area contributed by atoms with E-state index in [1.165, 1.54) is 0 Å². The van der Waals surface area contributed by atoms with E-state index in [-0.39, 0.29) is 11.9 Å². The van der Waals surface area contributed by atoms with Crippen molar-refractivity contribution in [1.29, 1.82) is 0 Å². The third-order valence-electron chi connectivity index (χ3n) is 4.53. The molecule has 1 heterocycles. The average Bonchev–Trinajstić information content (AvgIpc) is 3.16. The molecule has 1 fully saturated rings. The van der Waals surface area contributed by atoms with Crippen molar-refractivity contribution in [3.8, 4) is 5.75 Å². The van der Waals surface area contributed by atoms with Gasteiger partial charge in [0.05, 0.1) is 13.2 Å². The van der Waals surface area contributed by atoms with E-state index in [0.717, 1.165) is 25.7 Å². The molecule has 7 heteroatoms. The summed E-state index contributed by atoms with van der Waals surface area (Å²) in [6.07, 6.45) is 5.72. The van der Waals surface area contributed by atoms with Crippen LogP contribution in [-0.2, 0) is 4.79 Å². The lowest BCUT2D eigenvalue weighted by Crippen LogP contribution is -2.40. The number of carbonyl (C=O) groups excluding carboxylic acids is 1. The van der Waals surface area contributed by atoms with Gasteiger partial charge >= 0.3 is 0 Å². The number of aliphatic hydroxyl groups is 1. The van der Waals surface area contributed by atoms with E-state index in [9.17, 15) is 9.90 Å². The molecular formula is C17H22N4O3. The van der Waals surface area contributed by atoms with Gasteiger partial charge < -0.3 is 15.2 Å². The first-order valence-corrected chi connectivity index (χ1v) is 8.14. The monoisotopic (exact) mass is 330 g/mol. The molecule has 0 saturated heterocycles. The molecule has 1 aliphatic rings. The second kappa shape index (κ2) is 7.44. The first kappa shape index (κ1) is 16.4. The van der Waals surface area contributed by atoms with Crippen molar-refractivity contribution in [2.45, 2.75) is 43.9 Å². The normalized spacial score (nSPS) is 21.9. The van der Waals surface area contributed by atoms with Gasteiger partial charge in [0.25, 0.3) is 5.91 Å². The molecule has 2 N–H and O–H groups in total. The molecule has 1 atom stereocenters. The molecule has 7 nitrogen and oxygen atoms in total. The van der Waals surface area contributed by atoms with E-state index >= 15 is 0 Å². The van der Waals surface area contributed by atoms with Gasteiger partial charge in [0.2, 0.25) is 0 Å². The van der Waals surface area contributed by atoms with Crippen LogP contribution in [0.5, 0.6) is 5.75 Å². The molecule has 1 aromatic carbocycles. The predicted octanol–water partition coefficient (Wildman–Crippen LogP) is 1.62. The van der Waals surface area contributed by atoms with Crippen LogP contribution in [0.15, 0.2) is 36.9 Å². The molecule has 128 valence electrons. The van der Waals surface area contributed by atoms with Gasteiger partial charge in [-0.1, -0.05) is 12.1 Å². The molecule has 3 rings (SSSR count). The molecule has 1 amide bonds. The van der Waals surface area contributed by atoms with Crippen LogP contribution in [0.4, 0.5) is 0 Å². The van der Waals surface area contributed by atoms with Gasteiger partial charge in [0, 0.05) is 6.04 Å². The van der Waals surface area contributed by atoms with E-state index in [2.05, 4.69) is 15.4 Å². The number of methoxy groups -OCH3 is 1. The number of amides is 1. The number of nitrogens with one attached hydrogen (secondary N) is 1. The Hall–Kier alpha value is -2.41. The molecular weight excluding hydrogens is 308 g/mol. The number of carbonyl (C=O) groups is 1. The van der Waals surface area contributed by atoms with E-state index in [1.807, 2.05) is 4.68 Å². The Morgan fingerprint density at radius 3 is 2.58 bits per heavy atom. The molecule has 2 aromatic rings. The van der Waals surface area contributed by atoms with Crippen molar-refractivity contribution in [3.05, 3.63) is 42.5 Å². The lowest BCUT2D eigenvalue weighted by molar-refractivity contribution is -0.130. The summed E-state index contributed by atoms with van der Waals surface area (Å²) >= 11 is 0. The van der Waals surface area contributed by atoms with Gasteiger partial charge in [-0.25, -0.2) is 9.67 Å². The molecule has 24 heavy (non-hydrogen) atoms. The lowest BCUT2D eigenvalue weighted by atomic mass is 9.91. The summed E-state index contributed by atoms with van der Waals surface area (Å²) in [7, 11) is 1.58. The molecule has 1 aromatic heterocycles. The summed E-state index contributed by atoms with van der Waals surface area (Å²) in [5, 5.41) is 17.3. The second-order valence-corrected chi connectivity index (χ2v) is 6.07. The maximum Gasteiger partial charge on any atom is 0.253 e. The number of hydrogen-bond donors (Lipinski definition) is 2. The first-order chi connectivity index (χ1) is 11.7. The van der Waals surface area contributed by atoms with Crippen molar-refractivity contribution in [3.63, 3.8) is 0 Å². The zero-order valence-electron chi connectivity index (χ0n) is 13.6. The van der Waals surface area contributed by atoms with Gasteiger partial charge in [-0.15, -0.1) is 0 Å². The van der Waals surface area contributed by atoms with Crippen molar-refractivity contribution in [2.75, 3.05) is 7.11 Å². The number of ether oxygens (including phenoxy) is 1. The zero-order chi connectivity index (χ0) is 16.9. The summed E-state index contributed by atoms with van der Waals surface area (Å²) in [4.78, 5) is 16.2. The highest BCUT2D eigenvalue weighted by Crippen LogP contribution is 2.28. The number of benzene rings is 1. The smallest absolute Gasteiger partial charge is 0.253 e. The summed E-state index contributed by atoms with van der Waals surface area (Å²) in [5.74, 6) is 0.335. The highest BCUT2D eigenvalue weighted by molar-refractivity contribution is 5.82. The number of aromatic nitrogens is 3. The number of aliphatic hydroxyl groups excluding tert-OH is 1. The zero-order valence-corrected chi connectivity index (χ0v) is 13.6. The van der Waals surface area contributed by atoms with Crippen LogP contribution in [0.1, 0.15) is 43.4 Å². The second-order valence-electron chi connectivity index (χ2n) is 6.07. The highest BCUT2D eigenvalue weighted by atomic mass is 16.5. The lowest BCUT2D eigenvalue weighted by Gasteiger charge is -2.29. The average molecular weight is 330 g/mol. The molecule has 0 radical (unpaired) electrons. The Morgan fingerprint density at radius 1 is 1.29 bits per heavy atom. The van der Waals surface area contributed by atoms with Gasteiger partial charge in [-0.3, -0.25) is 4.79 Å². The molecule has 0 spiro atoms. The molecule has 1 aliphatic carbocycles. The minimum atomic E-state index is -1.16. The first-order valence-electron chi connectivity index (χ1n) is 8.14. The summed E-state index contributed by atoms with van der Waals surface area (Å²) in [5.41, 5.74) is 0.560. The standard InChI is InChI=1S/C17H22N4O3/c1-24-15-8-2-12(3-9-15)16(22)17(23)20-13-4-6-14(7-5-13)21-11-18-10-19-21/h2-3,8-11,13-14,16,22H,4-7H2,1H3,(H,20,23). The van der Waals surface area contributed by atoms with Gasteiger partial charge in [0.1, 0.15) is 18.4 Å². The van der Waals surface area contributed by atoms with Gasteiger partial charge in [0.15, 0.2) is 6.10 Å². The fraction of sp³-hybridized carbons (Fsp3) is 0.471. The van der Waals surface area contributed by atoms with E-state index in [0.29, 0.717) is 17.4 Å². The maximum absolute atomic E-state index is 12.3. The van der Waals surface area contributed by atoms with Crippen LogP contribution in [0, 0.1) is 0 Å². The fourth-order valence-corrected chi connectivity index (χ4v) is 3.11. The van der Waals surface area contributed by atoms with Crippen LogP contribution in [-0.4, -0.2) is 38.9 Å². The Balaban J connectivity index is 1.51. The summed E-state index contributed by atoms with van der Waals surface area (Å²) in [6, 6.07) is 7.29. The summed E-state index contributed by atoms with van der Waals surface area (Å²) < 4.78 is 6.96. The Labute approximate surface area is 140 Å². The van der Waals surface area contributed by atoms with E-state index in [4.69, 9.17) is 4.74 Å². The molecule has 1 saturated carbocycles. The van der Waals surface area contributed by atoms with Crippen molar-refractivity contribution < 1.29 is 14.6 Å². The fourth-order valence-electron chi connectivity index (χ4n) is 3.11. The largest absolute Gasteiger partial charge is 0.497 e. The van der Waals surface area contributed by atoms with Gasteiger partial charge in [-0.2, -0.15) is 5.10 Å². The van der Waals surface area contributed by atoms with E-state index in [1.54, 1.807) is 44.0 Å². The topological polar surface area (TPSA) is 89.3 Å². The SMILES string of the molecule is COc1ccc(C(O)C(=O)NC2CCC(n3cncn3)CC2)cc1. The Morgan fingerprint density at radius 2 is 2.00 bits per heavy atom. The number of hydrogen-bond acceptors (Lipinski definition) is 5. The molecule has 0 aliphatic heterocycles. The third kappa shape index (κ3) is 3.73. The van der Waals surface area contributed by atoms with Crippen LogP contribution in [0.3, 0.4) is 0 Å². The Bertz CT molecular complexity index is 649. The van der Waals surface area contributed by atoms with Crippen molar-refractivity contribution in [1.82, 2.24) is 20.1 Å². The van der Waals surface area contributed by atoms with Crippen molar-refractivity contribution in [2.24, 2.45) is 0 Å². The van der Waals surface area contributed by atoms with Gasteiger partial charge in [-0.05, 0) is 43.4 Å². The van der Waals surface area contributed by atoms with Crippen molar-refractivity contribution >= 4 is 5.91 Å². The maximum atomic E-state index is 12.3. The third-order valence-corrected chi connectivity index (χ3v) is 4.53.